The predicted molar refractivity (Wildman–Crippen MR) is 107 cm³/mol. The molecule has 0 heterocycles. The first kappa shape index (κ1) is 23.0. The second-order valence-corrected chi connectivity index (χ2v) is 6.65. The molecule has 0 aromatic heterocycles. The predicted octanol–water partition coefficient (Wildman–Crippen LogP) is 4.84. The van der Waals surface area contributed by atoms with E-state index < -0.39 is 11.8 Å². The smallest absolute Gasteiger partial charge is 0.379 e. The zero-order valence-corrected chi connectivity index (χ0v) is 17.6. The van der Waals surface area contributed by atoms with Gasteiger partial charge >= 0.3 is 5.97 Å². The van der Waals surface area contributed by atoms with Gasteiger partial charge in [-0.05, 0) is 41.8 Å². The Morgan fingerprint density at radius 3 is 2.19 bits per heavy atom. The molecule has 0 atom stereocenters. The molecule has 0 unspecified atom stereocenters. The van der Waals surface area contributed by atoms with Gasteiger partial charge in [0, 0.05) is 12.1 Å². The van der Waals surface area contributed by atoms with E-state index in [1.807, 2.05) is 6.92 Å². The highest BCUT2D eigenvalue weighted by Crippen LogP contribution is 2.36. The number of ether oxygens (including phenoxy) is 3. The lowest BCUT2D eigenvalue weighted by Gasteiger charge is -2.15. The first-order valence-electron chi connectivity index (χ1n) is 9.15. The number of aliphatic hydroxyl groups is 1. The largest absolute Gasteiger partial charge is 0.507 e. The van der Waals surface area contributed by atoms with Gasteiger partial charge in [0.15, 0.2) is 0 Å². The van der Waals surface area contributed by atoms with Gasteiger partial charge < -0.3 is 19.3 Å². The lowest BCUT2D eigenvalue weighted by molar-refractivity contribution is -0.151. The van der Waals surface area contributed by atoms with Crippen molar-refractivity contribution in [3.63, 3.8) is 0 Å². The molecule has 1 aromatic rings. The summed E-state index contributed by atoms with van der Waals surface area (Å²) in [5.74, 6) is -1.36. The van der Waals surface area contributed by atoms with Gasteiger partial charge in [-0.15, -0.1) is 0 Å². The van der Waals surface area contributed by atoms with Crippen LogP contribution in [0.2, 0.25) is 0 Å². The van der Waals surface area contributed by atoms with Crippen molar-refractivity contribution in [2.75, 3.05) is 19.8 Å². The Balaban J connectivity index is 3.15. The molecule has 0 spiro atoms. The fraction of sp³-hybridized carbons (Fsp3) is 0.500. The van der Waals surface area contributed by atoms with E-state index in [1.165, 1.54) is 0 Å². The van der Waals surface area contributed by atoms with Crippen LogP contribution in [0.15, 0.2) is 22.7 Å². The highest BCUT2D eigenvalue weighted by Gasteiger charge is 2.18. The van der Waals surface area contributed by atoms with Crippen LogP contribution in [-0.4, -0.2) is 36.7 Å². The highest BCUT2D eigenvalue weighted by molar-refractivity contribution is 9.10. The van der Waals surface area contributed by atoms with Crippen LogP contribution in [0.5, 0.6) is 11.5 Å². The molecular weight excluding hydrogens is 416 g/mol. The molecule has 1 rings (SSSR count). The number of hydrogen-bond acceptors (Lipinski definition) is 6. The zero-order valence-electron chi connectivity index (χ0n) is 16.0. The van der Waals surface area contributed by atoms with Crippen LogP contribution >= 0.6 is 15.9 Å². The summed E-state index contributed by atoms with van der Waals surface area (Å²) in [7, 11) is 0. The van der Waals surface area contributed by atoms with Gasteiger partial charge in [-0.25, -0.2) is 4.79 Å². The molecule has 1 aromatic carbocycles. The first-order chi connectivity index (χ1) is 12.9. The third-order valence-electron chi connectivity index (χ3n) is 3.57. The van der Waals surface area contributed by atoms with Gasteiger partial charge in [-0.1, -0.05) is 26.7 Å². The number of ketones is 1. The van der Waals surface area contributed by atoms with E-state index in [9.17, 15) is 14.7 Å². The van der Waals surface area contributed by atoms with E-state index in [-0.39, 0.29) is 12.4 Å². The molecular formula is C20H27BrO6. The fourth-order valence-corrected chi connectivity index (χ4v) is 2.54. The number of carbonyl (C=O) groups excluding carboxylic acids is 2. The minimum atomic E-state index is -1.02. The van der Waals surface area contributed by atoms with Crippen molar-refractivity contribution in [1.29, 1.82) is 0 Å². The molecule has 7 heteroatoms. The number of aliphatic hydroxyl groups excluding tert-OH is 1. The Labute approximate surface area is 168 Å². The summed E-state index contributed by atoms with van der Waals surface area (Å²) >= 11 is 3.41. The average Bonchev–Trinajstić information content (AvgIpc) is 2.64. The standard InChI is InChI=1S/C20H27BrO6/c1-4-7-9-26-18-13-19(27-10-8-5-2)15(21)11-14(18)16(22)12-17(23)20(24)25-6-3/h11-13,22H,4-10H2,1-3H3. The lowest BCUT2D eigenvalue weighted by Crippen LogP contribution is -2.15. The van der Waals surface area contributed by atoms with Gasteiger partial charge in [-0.2, -0.15) is 0 Å². The maximum absolute atomic E-state index is 11.8. The van der Waals surface area contributed by atoms with Crippen molar-refractivity contribution < 1.29 is 28.9 Å². The third-order valence-corrected chi connectivity index (χ3v) is 4.19. The van der Waals surface area contributed by atoms with E-state index in [4.69, 9.17) is 9.47 Å². The molecule has 0 saturated heterocycles. The second kappa shape index (κ2) is 12.4. The summed E-state index contributed by atoms with van der Waals surface area (Å²) in [4.78, 5) is 23.3. The van der Waals surface area contributed by atoms with Crippen molar-refractivity contribution in [3.05, 3.63) is 28.2 Å². The summed E-state index contributed by atoms with van der Waals surface area (Å²) in [5, 5.41) is 10.4. The Bertz CT molecular complexity index is 669. The topological polar surface area (TPSA) is 82.1 Å². The molecule has 0 bridgehead atoms. The van der Waals surface area contributed by atoms with Crippen LogP contribution in [0.1, 0.15) is 52.0 Å². The van der Waals surface area contributed by atoms with Gasteiger partial charge in [-0.3, -0.25) is 4.79 Å². The number of halogens is 1. The van der Waals surface area contributed by atoms with Crippen LogP contribution < -0.4 is 9.47 Å². The van der Waals surface area contributed by atoms with E-state index >= 15 is 0 Å². The Morgan fingerprint density at radius 1 is 1.04 bits per heavy atom. The van der Waals surface area contributed by atoms with E-state index in [0.29, 0.717) is 34.7 Å². The number of esters is 1. The number of benzene rings is 1. The first-order valence-corrected chi connectivity index (χ1v) is 9.95. The van der Waals surface area contributed by atoms with Gasteiger partial charge in [0.1, 0.15) is 17.3 Å². The molecule has 0 aliphatic rings. The number of rotatable bonds is 12. The van der Waals surface area contributed by atoms with Crippen LogP contribution in [0.25, 0.3) is 5.76 Å². The minimum absolute atomic E-state index is 0.0832. The fourth-order valence-electron chi connectivity index (χ4n) is 2.08. The highest BCUT2D eigenvalue weighted by atomic mass is 79.9. The Morgan fingerprint density at radius 2 is 1.63 bits per heavy atom. The summed E-state index contributed by atoms with van der Waals surface area (Å²) in [5.41, 5.74) is 0.290. The van der Waals surface area contributed by atoms with Crippen molar-refractivity contribution in [3.8, 4) is 11.5 Å². The molecule has 0 saturated carbocycles. The average molecular weight is 443 g/mol. The summed E-state index contributed by atoms with van der Waals surface area (Å²) in [6.45, 7) is 6.82. The normalized spacial score (nSPS) is 11.2. The molecule has 0 fully saturated rings. The van der Waals surface area contributed by atoms with Crippen LogP contribution in [0.4, 0.5) is 0 Å². The van der Waals surface area contributed by atoms with Crippen LogP contribution in [0.3, 0.4) is 0 Å². The molecule has 0 aliphatic carbocycles. The second-order valence-electron chi connectivity index (χ2n) is 5.80. The Hall–Kier alpha value is -2.02. The van der Waals surface area contributed by atoms with Crippen molar-refractivity contribution in [1.82, 2.24) is 0 Å². The molecule has 1 N–H and O–H groups in total. The molecule has 27 heavy (non-hydrogen) atoms. The van der Waals surface area contributed by atoms with E-state index in [1.54, 1.807) is 19.1 Å². The molecule has 6 nitrogen and oxygen atoms in total. The monoisotopic (exact) mass is 442 g/mol. The number of unbranched alkanes of at least 4 members (excludes halogenated alkanes) is 2. The Kier molecular flexibility index (Phi) is 10.6. The number of carbonyl (C=O) groups is 2. The molecule has 0 amide bonds. The quantitative estimate of drug-likeness (QED) is 0.164. The SMILES string of the molecule is CCCCOc1cc(OCCCC)c(C(O)=CC(=O)C(=O)OCC)cc1Br. The maximum atomic E-state index is 11.8. The van der Waals surface area contributed by atoms with Crippen LogP contribution in [0, 0.1) is 0 Å². The van der Waals surface area contributed by atoms with Crippen molar-refractivity contribution in [2.45, 2.75) is 46.5 Å². The minimum Gasteiger partial charge on any atom is -0.507 e. The summed E-state index contributed by atoms with van der Waals surface area (Å²) in [6.07, 6.45) is 4.56. The van der Waals surface area contributed by atoms with Gasteiger partial charge in [0.25, 0.3) is 5.78 Å². The third kappa shape index (κ3) is 7.62. The van der Waals surface area contributed by atoms with Gasteiger partial charge in [0.05, 0.1) is 29.9 Å². The van der Waals surface area contributed by atoms with Crippen molar-refractivity contribution >= 4 is 33.4 Å². The molecule has 0 aliphatic heterocycles. The van der Waals surface area contributed by atoms with Crippen molar-refractivity contribution in [2.24, 2.45) is 0 Å². The number of hydrogen-bond donors (Lipinski definition) is 1. The molecule has 150 valence electrons. The molecule has 0 radical (unpaired) electrons. The van der Waals surface area contributed by atoms with Crippen LogP contribution in [-0.2, 0) is 14.3 Å². The van der Waals surface area contributed by atoms with Gasteiger partial charge in [0.2, 0.25) is 0 Å². The maximum Gasteiger partial charge on any atom is 0.379 e. The van der Waals surface area contributed by atoms with E-state index in [2.05, 4.69) is 27.6 Å². The van der Waals surface area contributed by atoms with E-state index in [0.717, 1.165) is 31.8 Å². The zero-order chi connectivity index (χ0) is 20.2. The summed E-state index contributed by atoms with van der Waals surface area (Å²) in [6, 6.07) is 3.27. The lowest BCUT2D eigenvalue weighted by atomic mass is 10.1. The summed E-state index contributed by atoms with van der Waals surface area (Å²) < 4.78 is 16.8.